The lowest BCUT2D eigenvalue weighted by atomic mass is 9.81. The third-order valence-electron chi connectivity index (χ3n) is 6.33. The van der Waals surface area contributed by atoms with Gasteiger partial charge in [0, 0.05) is 12.6 Å². The zero-order chi connectivity index (χ0) is 23.3. The van der Waals surface area contributed by atoms with Crippen LogP contribution in [-0.2, 0) is 21.4 Å². The molecule has 1 fully saturated rings. The molecule has 7 nitrogen and oxygen atoms in total. The maximum atomic E-state index is 13.7. The van der Waals surface area contributed by atoms with Gasteiger partial charge in [-0.1, -0.05) is 30.3 Å². The number of nitrogens with zero attached hydrogens (tertiary/aromatic N) is 2. The third kappa shape index (κ3) is 5.49. The number of sulfonamides is 1. The van der Waals surface area contributed by atoms with Gasteiger partial charge >= 0.3 is 5.97 Å². The average Bonchev–Trinajstić information content (AvgIpc) is 2.79. The number of carboxylic acids is 1. The third-order valence-corrected chi connectivity index (χ3v) is 8.17. The number of rotatable bonds is 9. The van der Waals surface area contributed by atoms with E-state index >= 15 is 0 Å². The number of hydrogen-bond donors (Lipinski definition) is 1. The Morgan fingerprint density at radius 2 is 1.62 bits per heavy atom. The van der Waals surface area contributed by atoms with Gasteiger partial charge in [0.2, 0.25) is 10.0 Å². The van der Waals surface area contributed by atoms with Gasteiger partial charge in [-0.3, -0.25) is 4.79 Å². The van der Waals surface area contributed by atoms with Crippen molar-refractivity contribution in [1.82, 2.24) is 9.21 Å². The van der Waals surface area contributed by atoms with Gasteiger partial charge in [-0.15, -0.1) is 0 Å². The van der Waals surface area contributed by atoms with Gasteiger partial charge in [-0.25, -0.2) is 8.42 Å². The van der Waals surface area contributed by atoms with Crippen LogP contribution in [0.4, 0.5) is 0 Å². The largest absolute Gasteiger partial charge is 0.497 e. The van der Waals surface area contributed by atoms with Crippen LogP contribution < -0.4 is 4.74 Å². The predicted molar refractivity (Wildman–Crippen MR) is 123 cm³/mol. The van der Waals surface area contributed by atoms with E-state index in [1.807, 2.05) is 44.4 Å². The van der Waals surface area contributed by atoms with Crippen LogP contribution in [0.1, 0.15) is 31.2 Å². The number of ether oxygens (including phenoxy) is 1. The number of hydrogen-bond acceptors (Lipinski definition) is 5. The van der Waals surface area contributed by atoms with E-state index < -0.39 is 22.0 Å². The Kier molecular flexibility index (Phi) is 7.92. The van der Waals surface area contributed by atoms with Crippen LogP contribution in [0.5, 0.6) is 5.75 Å². The zero-order valence-electron chi connectivity index (χ0n) is 18.8. The average molecular weight is 461 g/mol. The molecule has 8 heteroatoms. The van der Waals surface area contributed by atoms with Crippen molar-refractivity contribution in [3.05, 3.63) is 60.2 Å². The van der Waals surface area contributed by atoms with Crippen LogP contribution >= 0.6 is 0 Å². The molecule has 1 N–H and O–H groups in total. The summed E-state index contributed by atoms with van der Waals surface area (Å²) in [5.74, 6) is -0.817. The molecule has 3 rings (SSSR count). The summed E-state index contributed by atoms with van der Waals surface area (Å²) in [4.78, 5) is 14.7. The molecule has 0 unspecified atom stereocenters. The van der Waals surface area contributed by atoms with E-state index in [1.54, 1.807) is 12.1 Å². The maximum absolute atomic E-state index is 13.7. The maximum Gasteiger partial charge on any atom is 0.322 e. The molecule has 0 amide bonds. The number of carboxylic acid groups (broad SMARTS) is 1. The van der Waals surface area contributed by atoms with Crippen LogP contribution in [0.25, 0.3) is 0 Å². The first kappa shape index (κ1) is 24.2. The SMILES string of the molecule is COc1ccc(S(=O)(=O)N(Cc2ccccc2)[C@@H](C(=O)O)[C@H]2CC[C@H](N(C)C)CC2)cc1. The Morgan fingerprint density at radius 3 is 2.12 bits per heavy atom. The minimum Gasteiger partial charge on any atom is -0.497 e. The second kappa shape index (κ2) is 10.5. The van der Waals surface area contributed by atoms with Crippen molar-refractivity contribution in [2.24, 2.45) is 5.92 Å². The molecular weight excluding hydrogens is 428 g/mol. The molecule has 0 aliphatic heterocycles. The Balaban J connectivity index is 1.98. The Morgan fingerprint density at radius 1 is 1.03 bits per heavy atom. The molecule has 1 aliphatic rings. The number of benzene rings is 2. The van der Waals surface area contributed by atoms with Gasteiger partial charge < -0.3 is 14.7 Å². The smallest absolute Gasteiger partial charge is 0.322 e. The highest BCUT2D eigenvalue weighted by Gasteiger charge is 2.42. The van der Waals surface area contributed by atoms with Crippen molar-refractivity contribution < 1.29 is 23.1 Å². The van der Waals surface area contributed by atoms with Crippen molar-refractivity contribution in [1.29, 1.82) is 0 Å². The molecule has 32 heavy (non-hydrogen) atoms. The Bertz CT molecular complexity index is 985. The molecule has 0 aromatic heterocycles. The van der Waals surface area contributed by atoms with E-state index in [1.165, 1.54) is 23.5 Å². The monoisotopic (exact) mass is 460 g/mol. The van der Waals surface area contributed by atoms with Crippen LogP contribution in [0, 0.1) is 5.92 Å². The molecule has 1 aliphatic carbocycles. The van der Waals surface area contributed by atoms with Gasteiger partial charge in [0.25, 0.3) is 0 Å². The lowest BCUT2D eigenvalue weighted by Gasteiger charge is -2.38. The van der Waals surface area contributed by atoms with E-state index in [2.05, 4.69) is 4.90 Å². The molecule has 2 aromatic rings. The van der Waals surface area contributed by atoms with Crippen molar-refractivity contribution in [2.45, 2.75) is 49.2 Å². The predicted octanol–water partition coefficient (Wildman–Crippen LogP) is 3.46. The summed E-state index contributed by atoms with van der Waals surface area (Å²) in [5, 5.41) is 10.2. The highest BCUT2D eigenvalue weighted by atomic mass is 32.2. The minimum absolute atomic E-state index is 0.000220. The van der Waals surface area contributed by atoms with E-state index in [4.69, 9.17) is 4.74 Å². The van der Waals surface area contributed by atoms with E-state index in [0.717, 1.165) is 18.4 Å². The summed E-state index contributed by atoms with van der Waals surface area (Å²) < 4.78 is 33.7. The van der Waals surface area contributed by atoms with Gasteiger partial charge in [0.05, 0.1) is 12.0 Å². The highest BCUT2D eigenvalue weighted by Crippen LogP contribution is 2.34. The molecular formula is C24H32N2O5S. The van der Waals surface area contributed by atoms with E-state index in [0.29, 0.717) is 24.6 Å². The highest BCUT2D eigenvalue weighted by molar-refractivity contribution is 7.89. The van der Waals surface area contributed by atoms with Gasteiger partial charge in [-0.2, -0.15) is 4.31 Å². The Labute approximate surface area is 190 Å². The first-order valence-electron chi connectivity index (χ1n) is 10.8. The first-order valence-corrected chi connectivity index (χ1v) is 12.3. The normalized spacial score (nSPS) is 20.3. The summed E-state index contributed by atoms with van der Waals surface area (Å²) >= 11 is 0. The minimum atomic E-state index is -4.06. The summed E-state index contributed by atoms with van der Waals surface area (Å²) in [5.41, 5.74) is 0.748. The molecule has 174 valence electrons. The summed E-state index contributed by atoms with van der Waals surface area (Å²) in [6.07, 6.45) is 3.04. The number of methoxy groups -OCH3 is 1. The zero-order valence-corrected chi connectivity index (χ0v) is 19.7. The second-order valence-corrected chi connectivity index (χ2v) is 10.4. The molecule has 0 radical (unpaired) electrons. The van der Waals surface area contributed by atoms with Crippen molar-refractivity contribution >= 4 is 16.0 Å². The van der Waals surface area contributed by atoms with Crippen LogP contribution in [0.2, 0.25) is 0 Å². The summed E-state index contributed by atoms with van der Waals surface area (Å²) in [6.45, 7) is -0.000220. The Hall–Kier alpha value is -2.42. The molecule has 0 bridgehead atoms. The van der Waals surface area contributed by atoms with E-state index in [-0.39, 0.29) is 17.4 Å². The fourth-order valence-corrected chi connectivity index (χ4v) is 6.10. The lowest BCUT2D eigenvalue weighted by Crippen LogP contribution is -2.50. The quantitative estimate of drug-likeness (QED) is 0.617. The van der Waals surface area contributed by atoms with Crippen LogP contribution in [0.3, 0.4) is 0 Å². The van der Waals surface area contributed by atoms with Crippen molar-refractivity contribution in [2.75, 3.05) is 21.2 Å². The lowest BCUT2D eigenvalue weighted by molar-refractivity contribution is -0.144. The fourth-order valence-electron chi connectivity index (χ4n) is 4.47. The van der Waals surface area contributed by atoms with E-state index in [9.17, 15) is 18.3 Å². The van der Waals surface area contributed by atoms with Gasteiger partial charge in [-0.05, 0) is 75.5 Å². The molecule has 1 saturated carbocycles. The molecule has 0 spiro atoms. The molecule has 2 aromatic carbocycles. The fraction of sp³-hybridized carbons (Fsp3) is 0.458. The second-order valence-electron chi connectivity index (χ2n) is 8.53. The first-order chi connectivity index (χ1) is 15.2. The van der Waals surface area contributed by atoms with Gasteiger partial charge in [0.1, 0.15) is 11.8 Å². The molecule has 0 heterocycles. The standard InChI is InChI=1S/C24H32N2O5S/c1-25(2)20-11-9-19(10-12-20)23(24(27)28)26(17-18-7-5-4-6-8-18)32(29,30)22-15-13-21(31-3)14-16-22/h4-8,13-16,19-20,23H,9-12,17H2,1-3H3,(H,27,28)/t19-,20-,23-/m1/s1. The van der Waals surface area contributed by atoms with Crippen molar-refractivity contribution in [3.63, 3.8) is 0 Å². The summed E-state index contributed by atoms with van der Waals surface area (Å²) in [6, 6.07) is 14.5. The number of aliphatic carboxylic acids is 1. The summed E-state index contributed by atoms with van der Waals surface area (Å²) in [7, 11) is 1.50. The number of carbonyl (C=O) groups is 1. The van der Waals surface area contributed by atoms with Gasteiger partial charge in [0.15, 0.2) is 0 Å². The van der Waals surface area contributed by atoms with Crippen LogP contribution in [0.15, 0.2) is 59.5 Å². The molecule has 0 saturated heterocycles. The van der Waals surface area contributed by atoms with Crippen molar-refractivity contribution in [3.8, 4) is 5.75 Å². The van der Waals surface area contributed by atoms with Crippen LogP contribution in [-0.4, -0.2) is 62.0 Å². The topological polar surface area (TPSA) is 87.2 Å². The molecule has 1 atom stereocenters.